The van der Waals surface area contributed by atoms with Crippen LogP contribution in [0.25, 0.3) is 5.69 Å². The van der Waals surface area contributed by atoms with Gasteiger partial charge < -0.3 is 15.9 Å². The average Bonchev–Trinajstić information content (AvgIpc) is 2.62. The molecule has 0 bridgehead atoms. The molecule has 0 amide bonds. The van der Waals surface area contributed by atoms with Crippen LogP contribution in [-0.4, -0.2) is 26.0 Å². The fourth-order valence-corrected chi connectivity index (χ4v) is 3.37. The van der Waals surface area contributed by atoms with E-state index in [2.05, 4.69) is 20.9 Å². The number of hydrogen-bond donors (Lipinski definition) is 4. The number of aromatic amines is 1. The van der Waals surface area contributed by atoms with Gasteiger partial charge in [0.05, 0.1) is 10.7 Å². The normalized spacial score (nSPS) is 16.7. The van der Waals surface area contributed by atoms with Crippen LogP contribution in [0.15, 0.2) is 33.4 Å². The fraction of sp³-hybridized carbons (Fsp3) is 0.294. The summed E-state index contributed by atoms with van der Waals surface area (Å²) in [7, 11) is 0. The van der Waals surface area contributed by atoms with Gasteiger partial charge in [-0.3, -0.25) is 9.78 Å². The van der Waals surface area contributed by atoms with Crippen LogP contribution in [0.3, 0.4) is 0 Å². The highest BCUT2D eigenvalue weighted by Crippen LogP contribution is 2.32. The molecule has 2 aromatic rings. The summed E-state index contributed by atoms with van der Waals surface area (Å²) in [5.41, 5.74) is 11.9. The molecule has 1 aromatic carbocycles. The Hall–Kier alpha value is -2.69. The number of anilines is 1. The summed E-state index contributed by atoms with van der Waals surface area (Å²) >= 11 is 11.7. The van der Waals surface area contributed by atoms with Crippen LogP contribution in [0, 0.1) is 12.8 Å². The van der Waals surface area contributed by atoms with Crippen molar-refractivity contribution in [1.82, 2.24) is 25.6 Å². The van der Waals surface area contributed by atoms with Crippen LogP contribution in [0.1, 0.15) is 19.4 Å². The molecular weight excluding hydrogens is 404 g/mol. The molecule has 5 N–H and O–H groups in total. The monoisotopic (exact) mass is 422 g/mol. The second-order valence-electron chi connectivity index (χ2n) is 6.54. The van der Waals surface area contributed by atoms with Crippen molar-refractivity contribution in [2.75, 3.05) is 5.73 Å². The number of hydrogen-bond acceptors (Lipinski definition) is 7. The van der Waals surface area contributed by atoms with Gasteiger partial charge in [0.15, 0.2) is 6.23 Å². The minimum absolute atomic E-state index is 0.232. The Morgan fingerprint density at radius 1 is 1.36 bits per heavy atom. The molecule has 28 heavy (non-hydrogen) atoms. The van der Waals surface area contributed by atoms with Gasteiger partial charge in [0.1, 0.15) is 10.7 Å². The van der Waals surface area contributed by atoms with Crippen molar-refractivity contribution in [3.05, 3.63) is 55.2 Å². The number of benzene rings is 1. The van der Waals surface area contributed by atoms with Gasteiger partial charge >= 0.3 is 5.69 Å². The quantitative estimate of drug-likeness (QED) is 0.541. The van der Waals surface area contributed by atoms with Gasteiger partial charge in [0, 0.05) is 0 Å². The van der Waals surface area contributed by atoms with E-state index in [0.717, 1.165) is 10.3 Å². The van der Waals surface area contributed by atoms with E-state index in [-0.39, 0.29) is 16.8 Å². The van der Waals surface area contributed by atoms with Gasteiger partial charge in [-0.25, -0.2) is 4.79 Å². The average molecular weight is 423 g/mol. The van der Waals surface area contributed by atoms with Crippen molar-refractivity contribution in [1.29, 1.82) is 0 Å². The maximum Gasteiger partial charge on any atom is 0.349 e. The van der Waals surface area contributed by atoms with Crippen molar-refractivity contribution in [3.63, 3.8) is 0 Å². The van der Waals surface area contributed by atoms with Crippen LogP contribution >= 0.6 is 23.8 Å². The number of H-pyrrole nitrogens is 1. The summed E-state index contributed by atoms with van der Waals surface area (Å²) in [6.45, 7) is 5.85. The Morgan fingerprint density at radius 3 is 2.71 bits per heavy atom. The highest BCUT2D eigenvalue weighted by molar-refractivity contribution is 7.80. The van der Waals surface area contributed by atoms with Crippen LogP contribution in [0.5, 0.6) is 5.75 Å². The predicted octanol–water partition coefficient (Wildman–Crippen LogP) is 1.19. The molecule has 0 spiro atoms. The highest BCUT2D eigenvalue weighted by atomic mass is 35.5. The molecular formula is C17H19ClN6O3S. The Labute approximate surface area is 170 Å². The third kappa shape index (κ3) is 3.93. The van der Waals surface area contributed by atoms with Crippen molar-refractivity contribution in [3.8, 4) is 11.4 Å². The number of nitrogens with one attached hydrogen (secondary N) is 3. The van der Waals surface area contributed by atoms with Crippen molar-refractivity contribution in [2.45, 2.75) is 27.0 Å². The van der Waals surface area contributed by atoms with E-state index in [9.17, 15) is 9.59 Å². The van der Waals surface area contributed by atoms with E-state index >= 15 is 0 Å². The Balaban J connectivity index is 1.96. The number of aryl methyl sites for hydroxylation is 1. The molecule has 1 aromatic heterocycles. The molecule has 0 saturated heterocycles. The first-order valence-corrected chi connectivity index (χ1v) is 9.20. The fourth-order valence-electron chi connectivity index (χ4n) is 2.71. The topological polar surface area (TPSA) is 127 Å². The number of nitrogens with zero attached hydrogens (tertiary/aromatic N) is 2. The maximum absolute atomic E-state index is 12.0. The third-order valence-electron chi connectivity index (χ3n) is 4.10. The first-order valence-electron chi connectivity index (χ1n) is 8.41. The zero-order valence-electron chi connectivity index (χ0n) is 15.4. The molecule has 3 rings (SSSR count). The molecule has 148 valence electrons. The number of halogens is 1. The van der Waals surface area contributed by atoms with Crippen LogP contribution in [-0.2, 0) is 0 Å². The standard InChI is InChI=1S/C17H19ClN6O3S/c1-7(2)10-6-12(21-22-16(10)28)27-13-8(3)4-9(5-11(13)18)24-17(26)20-15(25)14(19)23-24/h4-7,12,21H,1-3H3,(H2,19,23)(H,22,28)(H,20,25,26). The van der Waals surface area contributed by atoms with Crippen molar-refractivity contribution in [2.24, 2.45) is 5.92 Å². The Morgan fingerprint density at radius 2 is 2.07 bits per heavy atom. The SMILES string of the molecule is Cc1cc(-n2nc(N)c(=O)[nH]c2=O)cc(Cl)c1OC1C=C(C(C)C)C(=S)NN1. The van der Waals surface area contributed by atoms with Crippen molar-refractivity contribution < 1.29 is 4.74 Å². The lowest BCUT2D eigenvalue weighted by molar-refractivity contribution is 0.196. The first-order chi connectivity index (χ1) is 13.2. The minimum atomic E-state index is -0.745. The van der Waals surface area contributed by atoms with E-state index in [1.165, 1.54) is 6.07 Å². The van der Waals surface area contributed by atoms with E-state index < -0.39 is 17.5 Å². The second-order valence-corrected chi connectivity index (χ2v) is 7.36. The van der Waals surface area contributed by atoms with Gasteiger partial charge in [-0.2, -0.15) is 10.1 Å². The summed E-state index contributed by atoms with van der Waals surface area (Å²) in [5.74, 6) is 0.339. The molecule has 0 aliphatic carbocycles. The number of thiocarbonyl (C=S) groups is 1. The van der Waals surface area contributed by atoms with E-state index in [1.54, 1.807) is 13.0 Å². The van der Waals surface area contributed by atoms with Gasteiger partial charge in [0.2, 0.25) is 5.82 Å². The molecule has 11 heteroatoms. The highest BCUT2D eigenvalue weighted by Gasteiger charge is 2.22. The van der Waals surface area contributed by atoms with Crippen LogP contribution < -0.4 is 32.6 Å². The first kappa shape index (κ1) is 20.1. The lowest BCUT2D eigenvalue weighted by Gasteiger charge is -2.28. The Bertz CT molecular complexity index is 1070. The molecule has 1 unspecified atom stereocenters. The number of hydrazine groups is 1. The number of nitrogen functional groups attached to an aromatic ring is 1. The lowest BCUT2D eigenvalue weighted by atomic mass is 10.0. The number of ether oxygens (including phenoxy) is 1. The summed E-state index contributed by atoms with van der Waals surface area (Å²) in [6.07, 6.45) is 1.40. The zero-order chi connectivity index (χ0) is 20.6. The van der Waals surface area contributed by atoms with E-state index in [1.807, 2.05) is 19.9 Å². The van der Waals surface area contributed by atoms with Gasteiger partial charge in [0.25, 0.3) is 5.56 Å². The molecule has 9 nitrogen and oxygen atoms in total. The van der Waals surface area contributed by atoms with E-state index in [0.29, 0.717) is 22.0 Å². The Kier molecular flexibility index (Phi) is 5.54. The molecule has 1 aliphatic rings. The summed E-state index contributed by atoms with van der Waals surface area (Å²) in [5, 5.41) is 4.07. The van der Waals surface area contributed by atoms with Crippen LogP contribution in [0.4, 0.5) is 5.82 Å². The summed E-state index contributed by atoms with van der Waals surface area (Å²) < 4.78 is 6.94. The van der Waals surface area contributed by atoms with Gasteiger partial charge in [-0.1, -0.05) is 37.7 Å². The number of nitrogens with two attached hydrogens (primary N) is 1. The largest absolute Gasteiger partial charge is 0.468 e. The van der Waals surface area contributed by atoms with Gasteiger partial charge in [-0.15, -0.1) is 5.10 Å². The smallest absolute Gasteiger partial charge is 0.349 e. The molecule has 2 heterocycles. The molecule has 0 saturated carbocycles. The third-order valence-corrected chi connectivity index (χ3v) is 4.72. The van der Waals surface area contributed by atoms with Crippen molar-refractivity contribution >= 4 is 34.6 Å². The second kappa shape index (κ2) is 7.74. The lowest BCUT2D eigenvalue weighted by Crippen LogP contribution is -2.50. The number of aromatic nitrogens is 3. The van der Waals surface area contributed by atoms with E-state index in [4.69, 9.17) is 34.3 Å². The number of rotatable bonds is 4. The zero-order valence-corrected chi connectivity index (χ0v) is 16.9. The maximum atomic E-state index is 12.0. The molecule has 0 radical (unpaired) electrons. The summed E-state index contributed by atoms with van der Waals surface area (Å²) in [4.78, 5) is 26.1. The molecule has 0 fully saturated rings. The predicted molar refractivity (Wildman–Crippen MR) is 111 cm³/mol. The van der Waals surface area contributed by atoms with Crippen LogP contribution in [0.2, 0.25) is 5.02 Å². The minimum Gasteiger partial charge on any atom is -0.468 e. The van der Waals surface area contributed by atoms with Gasteiger partial charge in [-0.05, 0) is 42.2 Å². The summed E-state index contributed by atoms with van der Waals surface area (Å²) in [6, 6.07) is 3.16. The molecule has 1 aliphatic heterocycles. The molecule has 1 atom stereocenters.